The van der Waals surface area contributed by atoms with Gasteiger partial charge >= 0.3 is 0 Å². The van der Waals surface area contributed by atoms with Gasteiger partial charge in [0.25, 0.3) is 0 Å². The average molecular weight is 308 g/mol. The van der Waals surface area contributed by atoms with E-state index in [1.165, 1.54) is 0 Å². The molecule has 2 rings (SSSR count). The zero-order valence-corrected chi connectivity index (χ0v) is 14.9. The third kappa shape index (κ3) is 2.82. The van der Waals surface area contributed by atoms with Crippen molar-refractivity contribution in [2.45, 2.75) is 65.0 Å². The molecule has 0 bridgehead atoms. The van der Waals surface area contributed by atoms with E-state index < -0.39 is 6.29 Å². The van der Waals surface area contributed by atoms with Crippen molar-refractivity contribution in [3.05, 3.63) is 23.3 Å². The summed E-state index contributed by atoms with van der Waals surface area (Å²) in [4.78, 5) is 0. The Morgan fingerprint density at radius 3 is 1.64 bits per heavy atom. The molecule has 1 aliphatic heterocycles. The third-order valence-corrected chi connectivity index (χ3v) is 4.67. The Balaban J connectivity index is 2.46. The lowest BCUT2D eigenvalue weighted by Crippen LogP contribution is -2.41. The Morgan fingerprint density at radius 1 is 0.909 bits per heavy atom. The summed E-state index contributed by atoms with van der Waals surface area (Å²) in [5.41, 5.74) is 1.24. The van der Waals surface area contributed by atoms with Crippen LogP contribution in [0.1, 0.15) is 64.9 Å². The molecule has 0 radical (unpaired) electrons. The summed E-state index contributed by atoms with van der Waals surface area (Å²) in [7, 11) is 3.35. The first-order valence-electron chi connectivity index (χ1n) is 7.74. The molecule has 4 nitrogen and oxygen atoms in total. The highest BCUT2D eigenvalue weighted by Crippen LogP contribution is 2.47. The van der Waals surface area contributed by atoms with Gasteiger partial charge in [-0.15, -0.1) is 0 Å². The van der Waals surface area contributed by atoms with Crippen LogP contribution in [-0.2, 0) is 9.47 Å². The van der Waals surface area contributed by atoms with Crippen molar-refractivity contribution in [2.75, 3.05) is 14.2 Å². The monoisotopic (exact) mass is 308 g/mol. The highest BCUT2D eigenvalue weighted by molar-refractivity contribution is 5.50. The summed E-state index contributed by atoms with van der Waals surface area (Å²) >= 11 is 0. The maximum atomic E-state index is 6.12. The third-order valence-electron chi connectivity index (χ3n) is 4.67. The van der Waals surface area contributed by atoms with Crippen molar-refractivity contribution in [2.24, 2.45) is 0 Å². The number of hydrogen-bond donors (Lipinski definition) is 0. The van der Waals surface area contributed by atoms with Crippen LogP contribution in [-0.4, -0.2) is 25.4 Å². The molecular formula is C18H28O4. The smallest absolute Gasteiger partial charge is 0.185 e. The van der Waals surface area contributed by atoms with Crippen LogP contribution in [0, 0.1) is 0 Å². The number of hydrogen-bond acceptors (Lipinski definition) is 4. The lowest BCUT2D eigenvalue weighted by molar-refractivity contribution is -0.0897. The van der Waals surface area contributed by atoms with Gasteiger partial charge in [-0.05, 0) is 45.7 Å². The SMILES string of the molecule is COc1cc(C2OC(C)(C)C(C)(C)O2)cc(OC)c1C(C)C. The summed E-state index contributed by atoms with van der Waals surface area (Å²) in [6.45, 7) is 12.4. The Morgan fingerprint density at radius 2 is 1.32 bits per heavy atom. The van der Waals surface area contributed by atoms with Crippen LogP contribution in [0.3, 0.4) is 0 Å². The molecule has 0 saturated carbocycles. The van der Waals surface area contributed by atoms with Crippen molar-refractivity contribution in [3.8, 4) is 11.5 Å². The van der Waals surface area contributed by atoms with Crippen molar-refractivity contribution in [1.29, 1.82) is 0 Å². The first-order chi connectivity index (χ1) is 10.1. The summed E-state index contributed by atoms with van der Waals surface area (Å²) in [6, 6.07) is 3.97. The fourth-order valence-corrected chi connectivity index (χ4v) is 2.64. The van der Waals surface area contributed by atoms with E-state index in [-0.39, 0.29) is 11.2 Å². The zero-order valence-electron chi connectivity index (χ0n) is 14.9. The molecule has 1 heterocycles. The van der Waals surface area contributed by atoms with Gasteiger partial charge in [0.15, 0.2) is 6.29 Å². The number of methoxy groups -OCH3 is 2. The summed E-state index contributed by atoms with van der Waals surface area (Å²) < 4.78 is 23.4. The van der Waals surface area contributed by atoms with Gasteiger partial charge in [0.2, 0.25) is 0 Å². The van der Waals surface area contributed by atoms with E-state index in [1.807, 2.05) is 39.8 Å². The van der Waals surface area contributed by atoms with Gasteiger partial charge in [0.1, 0.15) is 11.5 Å². The minimum Gasteiger partial charge on any atom is -0.496 e. The molecule has 0 atom stereocenters. The molecule has 22 heavy (non-hydrogen) atoms. The van der Waals surface area contributed by atoms with E-state index in [9.17, 15) is 0 Å². The van der Waals surface area contributed by atoms with Gasteiger partial charge in [-0.1, -0.05) is 13.8 Å². The normalized spacial score (nSPS) is 20.4. The molecule has 1 aromatic carbocycles. The van der Waals surface area contributed by atoms with E-state index in [0.29, 0.717) is 5.92 Å². The maximum absolute atomic E-state index is 6.12. The lowest BCUT2D eigenvalue weighted by Gasteiger charge is -2.30. The zero-order chi connectivity index (χ0) is 16.7. The predicted octanol–water partition coefficient (Wildman–Crippen LogP) is 4.43. The average Bonchev–Trinajstić information content (AvgIpc) is 2.65. The van der Waals surface area contributed by atoms with Crippen molar-refractivity contribution in [1.82, 2.24) is 0 Å². The van der Waals surface area contributed by atoms with Crippen LogP contribution in [0.2, 0.25) is 0 Å². The summed E-state index contributed by atoms with van der Waals surface area (Å²) in [5.74, 6) is 1.91. The maximum Gasteiger partial charge on any atom is 0.185 e. The van der Waals surface area contributed by atoms with Crippen molar-refractivity contribution >= 4 is 0 Å². The molecule has 1 aromatic rings. The molecule has 0 spiro atoms. The van der Waals surface area contributed by atoms with Gasteiger partial charge in [-0.2, -0.15) is 0 Å². The van der Waals surface area contributed by atoms with Crippen molar-refractivity contribution in [3.63, 3.8) is 0 Å². The molecule has 0 aromatic heterocycles. The fourth-order valence-electron chi connectivity index (χ4n) is 2.64. The Bertz CT molecular complexity index is 505. The minimum absolute atomic E-state index is 0.303. The van der Waals surface area contributed by atoms with Crippen LogP contribution in [0.15, 0.2) is 12.1 Å². The van der Waals surface area contributed by atoms with Crippen LogP contribution >= 0.6 is 0 Å². The minimum atomic E-state index is -0.422. The second-order valence-electron chi connectivity index (χ2n) is 7.08. The molecule has 1 aliphatic rings. The largest absolute Gasteiger partial charge is 0.496 e. The topological polar surface area (TPSA) is 36.9 Å². The summed E-state index contributed by atoms with van der Waals surface area (Å²) in [5, 5.41) is 0. The predicted molar refractivity (Wildman–Crippen MR) is 86.7 cm³/mol. The second-order valence-corrected chi connectivity index (χ2v) is 7.08. The van der Waals surface area contributed by atoms with Gasteiger partial charge in [-0.25, -0.2) is 0 Å². The van der Waals surface area contributed by atoms with Crippen LogP contribution in [0.25, 0.3) is 0 Å². The fraction of sp³-hybridized carbons (Fsp3) is 0.667. The van der Waals surface area contributed by atoms with E-state index in [4.69, 9.17) is 18.9 Å². The van der Waals surface area contributed by atoms with E-state index in [0.717, 1.165) is 22.6 Å². The highest BCUT2D eigenvalue weighted by Gasteiger charge is 2.49. The van der Waals surface area contributed by atoms with Crippen LogP contribution in [0.5, 0.6) is 11.5 Å². The lowest BCUT2D eigenvalue weighted by atomic mass is 9.90. The molecule has 0 aliphatic carbocycles. The Labute approximate surface area is 133 Å². The van der Waals surface area contributed by atoms with Gasteiger partial charge in [-0.3, -0.25) is 0 Å². The molecule has 1 saturated heterocycles. The van der Waals surface area contributed by atoms with Gasteiger partial charge < -0.3 is 18.9 Å². The molecule has 124 valence electrons. The summed E-state index contributed by atoms with van der Waals surface area (Å²) in [6.07, 6.45) is -0.422. The molecule has 0 amide bonds. The molecule has 4 heteroatoms. The van der Waals surface area contributed by atoms with Crippen molar-refractivity contribution < 1.29 is 18.9 Å². The Hall–Kier alpha value is -1.26. The van der Waals surface area contributed by atoms with Gasteiger partial charge in [0.05, 0.1) is 25.4 Å². The number of rotatable bonds is 4. The number of benzene rings is 1. The molecule has 1 fully saturated rings. The highest BCUT2D eigenvalue weighted by atomic mass is 16.7. The molecular weight excluding hydrogens is 280 g/mol. The number of ether oxygens (including phenoxy) is 4. The quantitative estimate of drug-likeness (QED) is 0.824. The standard InChI is InChI=1S/C18H28O4/c1-11(2)15-13(19-7)9-12(10-14(15)20-8)16-21-17(3,4)18(5,6)22-16/h9-11,16H,1-8H3. The van der Waals surface area contributed by atoms with Crippen LogP contribution in [0.4, 0.5) is 0 Å². The van der Waals surface area contributed by atoms with Gasteiger partial charge in [0, 0.05) is 11.1 Å². The molecule has 0 unspecified atom stereocenters. The first kappa shape index (κ1) is 17.1. The first-order valence-corrected chi connectivity index (χ1v) is 7.74. The van der Waals surface area contributed by atoms with E-state index in [2.05, 4.69) is 13.8 Å². The van der Waals surface area contributed by atoms with E-state index >= 15 is 0 Å². The van der Waals surface area contributed by atoms with Crippen LogP contribution < -0.4 is 9.47 Å². The molecule has 0 N–H and O–H groups in total. The second kappa shape index (κ2) is 5.74. The van der Waals surface area contributed by atoms with E-state index in [1.54, 1.807) is 14.2 Å². The Kier molecular flexibility index (Phi) is 4.46.